The number of aryl methyl sites for hydroxylation is 4. The highest BCUT2D eigenvalue weighted by Gasteiger charge is 2.25. The zero-order chi connectivity index (χ0) is 22.4. The van der Waals surface area contributed by atoms with Crippen LogP contribution in [0.2, 0.25) is 0 Å². The molecule has 160 valence electrons. The predicted octanol–water partition coefficient (Wildman–Crippen LogP) is 3.43. The fourth-order valence-electron chi connectivity index (χ4n) is 3.38. The number of benzene rings is 2. The highest BCUT2D eigenvalue weighted by atomic mass is 16.2. The van der Waals surface area contributed by atoms with Crippen LogP contribution in [0.1, 0.15) is 46.5 Å². The smallest absolute Gasteiger partial charge is 0.251 e. The van der Waals surface area contributed by atoms with Gasteiger partial charge < -0.3 is 16.0 Å². The average molecular weight is 410 g/mol. The second-order valence-corrected chi connectivity index (χ2v) is 8.10. The molecular weight excluding hydrogens is 378 g/mol. The molecule has 3 N–H and O–H groups in total. The van der Waals surface area contributed by atoms with Gasteiger partial charge in [0.2, 0.25) is 11.8 Å². The summed E-state index contributed by atoms with van der Waals surface area (Å²) < 4.78 is 0. The summed E-state index contributed by atoms with van der Waals surface area (Å²) in [6.45, 7) is 11.3. The fraction of sp³-hybridized carbons (Fsp3) is 0.375. The quantitative estimate of drug-likeness (QED) is 0.655. The van der Waals surface area contributed by atoms with Crippen molar-refractivity contribution < 1.29 is 14.4 Å². The Kier molecular flexibility index (Phi) is 7.75. The van der Waals surface area contributed by atoms with E-state index in [-0.39, 0.29) is 24.3 Å². The maximum absolute atomic E-state index is 12.6. The number of hydrogen-bond donors (Lipinski definition) is 3. The Morgan fingerprint density at radius 1 is 0.900 bits per heavy atom. The van der Waals surface area contributed by atoms with Crippen molar-refractivity contribution in [3.63, 3.8) is 0 Å². The van der Waals surface area contributed by atoms with Crippen molar-refractivity contribution in [3.05, 3.63) is 64.2 Å². The lowest BCUT2D eigenvalue weighted by molar-refractivity contribution is -0.126. The number of rotatable bonds is 7. The molecule has 0 aliphatic carbocycles. The minimum Gasteiger partial charge on any atom is -0.345 e. The highest BCUT2D eigenvalue weighted by Crippen LogP contribution is 2.21. The van der Waals surface area contributed by atoms with E-state index in [1.54, 1.807) is 18.2 Å². The van der Waals surface area contributed by atoms with Crippen molar-refractivity contribution in [2.45, 2.75) is 47.6 Å². The van der Waals surface area contributed by atoms with Crippen LogP contribution in [-0.4, -0.2) is 30.3 Å². The minimum absolute atomic E-state index is 0.136. The van der Waals surface area contributed by atoms with Gasteiger partial charge in [0.1, 0.15) is 6.04 Å². The molecular formula is C24H31N3O3. The van der Waals surface area contributed by atoms with Crippen LogP contribution in [0.5, 0.6) is 0 Å². The molecule has 6 heteroatoms. The third kappa shape index (κ3) is 6.17. The van der Waals surface area contributed by atoms with Crippen LogP contribution in [0.15, 0.2) is 36.4 Å². The van der Waals surface area contributed by atoms with Crippen molar-refractivity contribution in [2.24, 2.45) is 5.92 Å². The molecule has 1 unspecified atom stereocenters. The van der Waals surface area contributed by atoms with E-state index < -0.39 is 11.9 Å². The molecule has 0 aromatic heterocycles. The maximum Gasteiger partial charge on any atom is 0.251 e. The van der Waals surface area contributed by atoms with E-state index >= 15 is 0 Å². The van der Waals surface area contributed by atoms with Gasteiger partial charge in [0.15, 0.2) is 0 Å². The van der Waals surface area contributed by atoms with Crippen molar-refractivity contribution in [1.29, 1.82) is 0 Å². The number of hydrogen-bond acceptors (Lipinski definition) is 3. The van der Waals surface area contributed by atoms with Crippen LogP contribution in [0.25, 0.3) is 0 Å². The molecule has 0 saturated heterocycles. The number of nitrogens with one attached hydrogen (secondary N) is 3. The van der Waals surface area contributed by atoms with Crippen molar-refractivity contribution in [2.75, 3.05) is 11.9 Å². The van der Waals surface area contributed by atoms with Crippen LogP contribution in [0, 0.1) is 33.6 Å². The molecule has 0 spiro atoms. The van der Waals surface area contributed by atoms with Gasteiger partial charge in [-0.05, 0) is 56.9 Å². The second kappa shape index (κ2) is 10.1. The predicted molar refractivity (Wildman–Crippen MR) is 120 cm³/mol. The van der Waals surface area contributed by atoms with Crippen LogP contribution in [-0.2, 0) is 9.59 Å². The maximum atomic E-state index is 12.6. The summed E-state index contributed by atoms with van der Waals surface area (Å²) in [6, 6.07) is 10.4. The molecule has 0 fully saturated rings. The Morgan fingerprint density at radius 2 is 1.53 bits per heavy atom. The lowest BCUT2D eigenvalue weighted by Gasteiger charge is -2.22. The van der Waals surface area contributed by atoms with E-state index in [1.165, 1.54) is 0 Å². The Labute approximate surface area is 178 Å². The van der Waals surface area contributed by atoms with Gasteiger partial charge >= 0.3 is 0 Å². The summed E-state index contributed by atoms with van der Waals surface area (Å²) in [5.74, 6) is -1.16. The van der Waals surface area contributed by atoms with E-state index in [0.29, 0.717) is 5.56 Å². The molecule has 0 radical (unpaired) electrons. The van der Waals surface area contributed by atoms with Gasteiger partial charge in [-0.25, -0.2) is 0 Å². The second-order valence-electron chi connectivity index (χ2n) is 8.10. The molecule has 6 nitrogen and oxygen atoms in total. The van der Waals surface area contributed by atoms with Gasteiger partial charge in [0.05, 0.1) is 6.54 Å². The molecule has 3 amide bonds. The first-order valence-electron chi connectivity index (χ1n) is 10.1. The third-order valence-electron chi connectivity index (χ3n) is 4.88. The number of anilines is 1. The zero-order valence-electron chi connectivity index (χ0n) is 18.6. The first-order valence-corrected chi connectivity index (χ1v) is 10.1. The Hall–Kier alpha value is -3.15. The number of amides is 3. The molecule has 1 atom stereocenters. The highest BCUT2D eigenvalue weighted by molar-refractivity contribution is 5.99. The molecule has 0 bridgehead atoms. The average Bonchev–Trinajstić information content (AvgIpc) is 2.66. The van der Waals surface area contributed by atoms with Gasteiger partial charge in [-0.3, -0.25) is 14.4 Å². The van der Waals surface area contributed by atoms with Crippen LogP contribution < -0.4 is 16.0 Å². The molecule has 2 rings (SSSR count). The van der Waals surface area contributed by atoms with Gasteiger partial charge in [-0.1, -0.05) is 49.2 Å². The van der Waals surface area contributed by atoms with Crippen LogP contribution >= 0.6 is 0 Å². The largest absolute Gasteiger partial charge is 0.345 e. The Balaban J connectivity index is 1.98. The molecule has 30 heavy (non-hydrogen) atoms. The topological polar surface area (TPSA) is 87.3 Å². The normalized spacial score (nSPS) is 11.7. The van der Waals surface area contributed by atoms with E-state index in [0.717, 1.165) is 27.9 Å². The van der Waals surface area contributed by atoms with Gasteiger partial charge in [0.25, 0.3) is 5.91 Å². The van der Waals surface area contributed by atoms with Crippen LogP contribution in [0.4, 0.5) is 5.69 Å². The van der Waals surface area contributed by atoms with Crippen LogP contribution in [0.3, 0.4) is 0 Å². The summed E-state index contributed by atoms with van der Waals surface area (Å²) in [5.41, 5.74) is 5.28. The fourth-order valence-corrected chi connectivity index (χ4v) is 3.38. The lowest BCUT2D eigenvalue weighted by Crippen LogP contribution is -2.51. The third-order valence-corrected chi connectivity index (χ3v) is 4.88. The molecule has 0 saturated carbocycles. The first-order chi connectivity index (χ1) is 14.1. The molecule has 0 heterocycles. The molecule has 0 aliphatic rings. The minimum atomic E-state index is -0.742. The summed E-state index contributed by atoms with van der Waals surface area (Å²) in [5, 5.41) is 8.27. The van der Waals surface area contributed by atoms with E-state index in [1.807, 2.05) is 59.7 Å². The van der Waals surface area contributed by atoms with Gasteiger partial charge in [-0.2, -0.15) is 0 Å². The Morgan fingerprint density at radius 3 is 2.10 bits per heavy atom. The molecule has 0 aliphatic heterocycles. The summed E-state index contributed by atoms with van der Waals surface area (Å²) in [7, 11) is 0. The standard InChI is InChI=1S/C24H31N3O3/c1-14(2)21(27-23(29)19-9-7-8-15(3)12-19)24(30)25-13-20(28)26-22-17(5)10-16(4)11-18(22)6/h7-12,14,21H,13H2,1-6H3,(H,25,30)(H,26,28)(H,27,29). The van der Waals surface area contributed by atoms with E-state index in [9.17, 15) is 14.4 Å². The number of carbonyl (C=O) groups is 3. The molecule has 2 aromatic rings. The van der Waals surface area contributed by atoms with E-state index in [4.69, 9.17) is 0 Å². The summed E-state index contributed by atoms with van der Waals surface area (Å²) in [6.07, 6.45) is 0. The SMILES string of the molecule is Cc1cccc(C(=O)NC(C(=O)NCC(=O)Nc2c(C)cc(C)cc2C)C(C)C)c1. The first kappa shape index (κ1) is 23.1. The number of carbonyl (C=O) groups excluding carboxylic acids is 3. The van der Waals surface area contributed by atoms with Gasteiger partial charge in [-0.15, -0.1) is 0 Å². The lowest BCUT2D eigenvalue weighted by atomic mass is 10.0. The zero-order valence-corrected chi connectivity index (χ0v) is 18.6. The van der Waals surface area contributed by atoms with Crippen molar-refractivity contribution in [1.82, 2.24) is 10.6 Å². The monoisotopic (exact) mass is 409 g/mol. The summed E-state index contributed by atoms with van der Waals surface area (Å²) >= 11 is 0. The molecule has 2 aromatic carbocycles. The van der Waals surface area contributed by atoms with E-state index in [2.05, 4.69) is 16.0 Å². The Bertz CT molecular complexity index is 927. The summed E-state index contributed by atoms with van der Waals surface area (Å²) in [4.78, 5) is 37.5. The van der Waals surface area contributed by atoms with Crippen molar-refractivity contribution in [3.8, 4) is 0 Å². The van der Waals surface area contributed by atoms with Crippen molar-refractivity contribution >= 4 is 23.4 Å². The van der Waals surface area contributed by atoms with Gasteiger partial charge in [0, 0.05) is 11.3 Å².